The lowest BCUT2D eigenvalue weighted by atomic mass is 10.0. The average molecular weight is 171 g/mol. The number of rotatable bonds is 6. The maximum absolute atomic E-state index is 5.52. The minimum atomic E-state index is 0.454. The predicted octanol–water partition coefficient (Wildman–Crippen LogP) is 1.80. The van der Waals surface area contributed by atoms with Gasteiger partial charge in [0.15, 0.2) is 0 Å². The Morgan fingerprint density at radius 1 is 1.50 bits per heavy atom. The molecule has 1 aliphatic rings. The van der Waals surface area contributed by atoms with Gasteiger partial charge in [0.1, 0.15) is 0 Å². The van der Waals surface area contributed by atoms with Gasteiger partial charge in [-0.3, -0.25) is 0 Å². The van der Waals surface area contributed by atoms with E-state index in [1.807, 2.05) is 14.2 Å². The highest BCUT2D eigenvalue weighted by atomic mass is 16.5. The highest BCUT2D eigenvalue weighted by molar-refractivity contribution is 4.89. The van der Waals surface area contributed by atoms with Crippen LogP contribution >= 0.6 is 0 Å². The van der Waals surface area contributed by atoms with E-state index in [-0.39, 0.29) is 0 Å². The third kappa shape index (κ3) is 2.46. The summed E-state index contributed by atoms with van der Waals surface area (Å²) in [4.78, 5) is 0. The summed E-state index contributed by atoms with van der Waals surface area (Å²) in [6.07, 6.45) is 5.64. The van der Waals surface area contributed by atoms with Gasteiger partial charge in [-0.25, -0.2) is 0 Å². The standard InChI is InChI=1S/C10H21NO/c1-4-5-9(11-2)10(12-3)8-6-7-8/h8-11H,4-7H2,1-3H3. The second-order valence-electron chi connectivity index (χ2n) is 3.72. The maximum Gasteiger partial charge on any atom is 0.0752 e. The largest absolute Gasteiger partial charge is 0.380 e. The highest BCUT2D eigenvalue weighted by Gasteiger charge is 2.35. The van der Waals surface area contributed by atoms with Gasteiger partial charge in [0.05, 0.1) is 6.10 Å². The van der Waals surface area contributed by atoms with Crippen LogP contribution in [0, 0.1) is 5.92 Å². The Morgan fingerprint density at radius 2 is 2.17 bits per heavy atom. The van der Waals surface area contributed by atoms with E-state index < -0.39 is 0 Å². The Bertz CT molecular complexity index is 123. The first-order valence-corrected chi connectivity index (χ1v) is 5.03. The van der Waals surface area contributed by atoms with Crippen molar-refractivity contribution in [3.8, 4) is 0 Å². The van der Waals surface area contributed by atoms with Crippen molar-refractivity contribution in [1.29, 1.82) is 0 Å². The summed E-state index contributed by atoms with van der Waals surface area (Å²) in [6, 6.07) is 0.562. The molecule has 12 heavy (non-hydrogen) atoms. The Kier molecular flexibility index (Phi) is 4.02. The molecule has 0 bridgehead atoms. The lowest BCUT2D eigenvalue weighted by Gasteiger charge is -2.25. The van der Waals surface area contributed by atoms with Crippen molar-refractivity contribution < 1.29 is 4.74 Å². The molecule has 0 aromatic rings. The molecule has 2 atom stereocenters. The van der Waals surface area contributed by atoms with Gasteiger partial charge in [0, 0.05) is 13.2 Å². The molecule has 1 saturated carbocycles. The third-order valence-corrected chi connectivity index (χ3v) is 2.73. The van der Waals surface area contributed by atoms with Gasteiger partial charge in [-0.15, -0.1) is 0 Å². The SMILES string of the molecule is CCCC(NC)C(OC)C1CC1. The van der Waals surface area contributed by atoms with Crippen LogP contribution in [-0.4, -0.2) is 26.3 Å². The van der Waals surface area contributed by atoms with Crippen LogP contribution < -0.4 is 5.32 Å². The summed E-state index contributed by atoms with van der Waals surface area (Å²) in [6.45, 7) is 2.23. The second-order valence-corrected chi connectivity index (χ2v) is 3.72. The van der Waals surface area contributed by atoms with Crippen LogP contribution in [0.25, 0.3) is 0 Å². The van der Waals surface area contributed by atoms with E-state index in [0.717, 1.165) is 5.92 Å². The Labute approximate surface area is 75.7 Å². The monoisotopic (exact) mass is 171 g/mol. The van der Waals surface area contributed by atoms with Crippen LogP contribution in [0.2, 0.25) is 0 Å². The van der Waals surface area contributed by atoms with Gasteiger partial charge in [0.25, 0.3) is 0 Å². The number of hydrogen-bond acceptors (Lipinski definition) is 2. The van der Waals surface area contributed by atoms with Crippen molar-refractivity contribution in [3.05, 3.63) is 0 Å². The number of hydrogen-bond donors (Lipinski definition) is 1. The molecule has 0 radical (unpaired) electrons. The molecule has 0 aromatic carbocycles. The molecule has 2 heteroatoms. The second kappa shape index (κ2) is 4.83. The minimum absolute atomic E-state index is 0.454. The van der Waals surface area contributed by atoms with Crippen molar-refractivity contribution in [1.82, 2.24) is 5.32 Å². The number of likely N-dealkylation sites (N-methyl/N-ethyl adjacent to an activating group) is 1. The molecule has 0 aliphatic heterocycles. The summed E-state index contributed by atoms with van der Waals surface area (Å²) >= 11 is 0. The van der Waals surface area contributed by atoms with E-state index >= 15 is 0 Å². The van der Waals surface area contributed by atoms with Gasteiger partial charge in [-0.1, -0.05) is 13.3 Å². The van der Waals surface area contributed by atoms with E-state index in [9.17, 15) is 0 Å². The smallest absolute Gasteiger partial charge is 0.0752 e. The first-order chi connectivity index (χ1) is 5.83. The van der Waals surface area contributed by atoms with E-state index in [1.165, 1.54) is 25.7 Å². The fourth-order valence-corrected chi connectivity index (χ4v) is 1.89. The molecule has 72 valence electrons. The molecule has 0 amide bonds. The molecule has 0 saturated heterocycles. The van der Waals surface area contributed by atoms with Crippen LogP contribution in [0.4, 0.5) is 0 Å². The lowest BCUT2D eigenvalue weighted by molar-refractivity contribution is 0.0505. The van der Waals surface area contributed by atoms with Crippen molar-refractivity contribution >= 4 is 0 Å². The lowest BCUT2D eigenvalue weighted by Crippen LogP contribution is -2.40. The highest BCUT2D eigenvalue weighted by Crippen LogP contribution is 2.36. The zero-order chi connectivity index (χ0) is 8.97. The quantitative estimate of drug-likeness (QED) is 0.658. The number of nitrogens with one attached hydrogen (secondary N) is 1. The maximum atomic E-state index is 5.52. The van der Waals surface area contributed by atoms with Gasteiger partial charge in [-0.2, -0.15) is 0 Å². The van der Waals surface area contributed by atoms with Crippen LogP contribution in [-0.2, 0) is 4.74 Å². The molecular formula is C10H21NO. The van der Waals surface area contributed by atoms with Crippen LogP contribution in [0.5, 0.6) is 0 Å². The third-order valence-electron chi connectivity index (χ3n) is 2.73. The van der Waals surface area contributed by atoms with Crippen molar-refractivity contribution in [2.24, 2.45) is 5.92 Å². The molecular weight excluding hydrogens is 150 g/mol. The fraction of sp³-hybridized carbons (Fsp3) is 1.00. The molecule has 0 aromatic heterocycles. The topological polar surface area (TPSA) is 21.3 Å². The van der Waals surface area contributed by atoms with Gasteiger partial charge >= 0.3 is 0 Å². The van der Waals surface area contributed by atoms with E-state index in [4.69, 9.17) is 4.74 Å². The van der Waals surface area contributed by atoms with E-state index in [1.54, 1.807) is 0 Å². The molecule has 1 rings (SSSR count). The summed E-state index contributed by atoms with van der Waals surface area (Å²) in [5.41, 5.74) is 0. The van der Waals surface area contributed by atoms with Crippen LogP contribution in [0.15, 0.2) is 0 Å². The Morgan fingerprint density at radius 3 is 2.50 bits per heavy atom. The number of methoxy groups -OCH3 is 1. The zero-order valence-corrected chi connectivity index (χ0v) is 8.47. The average Bonchev–Trinajstić information content (AvgIpc) is 2.88. The minimum Gasteiger partial charge on any atom is -0.380 e. The van der Waals surface area contributed by atoms with Crippen molar-refractivity contribution in [2.75, 3.05) is 14.2 Å². The number of ether oxygens (including phenoxy) is 1. The summed E-state index contributed by atoms with van der Waals surface area (Å²) in [7, 11) is 3.87. The van der Waals surface area contributed by atoms with Crippen molar-refractivity contribution in [2.45, 2.75) is 44.8 Å². The molecule has 2 nitrogen and oxygen atoms in total. The van der Waals surface area contributed by atoms with E-state index in [2.05, 4.69) is 12.2 Å². The normalized spacial score (nSPS) is 22.2. The predicted molar refractivity (Wildman–Crippen MR) is 51.3 cm³/mol. The molecule has 0 heterocycles. The Balaban J connectivity index is 2.36. The van der Waals surface area contributed by atoms with E-state index in [0.29, 0.717) is 12.1 Å². The van der Waals surface area contributed by atoms with Crippen molar-refractivity contribution in [3.63, 3.8) is 0 Å². The first kappa shape index (κ1) is 10.0. The molecule has 1 fully saturated rings. The Hall–Kier alpha value is -0.0800. The van der Waals surface area contributed by atoms with Crippen LogP contribution in [0.1, 0.15) is 32.6 Å². The molecule has 0 spiro atoms. The van der Waals surface area contributed by atoms with Gasteiger partial charge in [0.2, 0.25) is 0 Å². The molecule has 1 aliphatic carbocycles. The van der Waals surface area contributed by atoms with Crippen LogP contribution in [0.3, 0.4) is 0 Å². The van der Waals surface area contributed by atoms with Gasteiger partial charge in [-0.05, 0) is 32.2 Å². The summed E-state index contributed by atoms with van der Waals surface area (Å²) < 4.78 is 5.52. The molecule has 1 N–H and O–H groups in total. The zero-order valence-electron chi connectivity index (χ0n) is 8.47. The van der Waals surface area contributed by atoms with Gasteiger partial charge < -0.3 is 10.1 Å². The first-order valence-electron chi connectivity index (χ1n) is 5.03. The fourth-order valence-electron chi connectivity index (χ4n) is 1.89. The molecule has 2 unspecified atom stereocenters. The summed E-state index contributed by atoms with van der Waals surface area (Å²) in [5, 5.41) is 3.35. The summed E-state index contributed by atoms with van der Waals surface area (Å²) in [5.74, 6) is 0.832.